The van der Waals surface area contributed by atoms with Crippen molar-refractivity contribution in [1.29, 1.82) is 0 Å². The molecule has 1 fully saturated rings. The topological polar surface area (TPSA) is 102 Å². The monoisotopic (exact) mass is 375 g/mol. The number of nitrogens with two attached hydrogens (primary N) is 1. The zero-order chi connectivity index (χ0) is 20.1. The predicted molar refractivity (Wildman–Crippen MR) is 105 cm³/mol. The van der Waals surface area contributed by atoms with Crippen LogP contribution in [0.2, 0.25) is 0 Å². The third-order valence-corrected chi connectivity index (χ3v) is 5.45. The largest absolute Gasteiger partial charge is 0.364 e. The van der Waals surface area contributed by atoms with Crippen molar-refractivity contribution in [2.24, 2.45) is 17.1 Å². The molecule has 0 aromatic carbocycles. The van der Waals surface area contributed by atoms with Crippen LogP contribution in [0.4, 0.5) is 5.82 Å². The lowest BCUT2D eigenvalue weighted by molar-refractivity contribution is -0.125. The summed E-state index contributed by atoms with van der Waals surface area (Å²) in [6.45, 7) is 5.73. The molecule has 1 aliphatic heterocycles. The van der Waals surface area contributed by atoms with Crippen molar-refractivity contribution < 1.29 is 9.59 Å². The number of hydrogen-bond donors (Lipinski definition) is 1. The van der Waals surface area contributed by atoms with Gasteiger partial charge in [-0.15, -0.1) is 0 Å². The van der Waals surface area contributed by atoms with Gasteiger partial charge in [-0.25, -0.2) is 15.0 Å². The summed E-state index contributed by atoms with van der Waals surface area (Å²) in [5.74, 6) is 0.461. The third kappa shape index (κ3) is 2.79. The SMILES string of the molecule is Cc1ncc(C2=CCC3C(=C2)N(c2cccc(C(N)=O)n2)C(=O)C3(C)C)cn1. The van der Waals surface area contributed by atoms with E-state index >= 15 is 0 Å². The maximum absolute atomic E-state index is 13.2. The summed E-state index contributed by atoms with van der Waals surface area (Å²) in [5, 5.41) is 0. The first-order valence-electron chi connectivity index (χ1n) is 9.11. The number of fused-ring (bicyclic) bond motifs is 1. The Hall–Kier alpha value is -3.35. The second-order valence-corrected chi connectivity index (χ2v) is 7.64. The molecule has 7 heteroatoms. The molecule has 1 aliphatic carbocycles. The van der Waals surface area contributed by atoms with E-state index in [9.17, 15) is 9.59 Å². The Balaban J connectivity index is 1.81. The van der Waals surface area contributed by atoms with Crippen LogP contribution in [-0.4, -0.2) is 26.8 Å². The van der Waals surface area contributed by atoms with E-state index < -0.39 is 11.3 Å². The van der Waals surface area contributed by atoms with E-state index in [2.05, 4.69) is 21.0 Å². The maximum Gasteiger partial charge on any atom is 0.267 e. The Bertz CT molecular complexity index is 1040. The van der Waals surface area contributed by atoms with Crippen molar-refractivity contribution >= 4 is 23.2 Å². The number of anilines is 1. The molecule has 1 atom stereocenters. The Labute approximate surface area is 163 Å². The molecule has 0 bridgehead atoms. The van der Waals surface area contributed by atoms with Gasteiger partial charge in [-0.2, -0.15) is 0 Å². The van der Waals surface area contributed by atoms with Crippen LogP contribution in [0.3, 0.4) is 0 Å². The number of carbonyl (C=O) groups excluding carboxylic acids is 2. The van der Waals surface area contributed by atoms with Gasteiger partial charge in [0.25, 0.3) is 5.91 Å². The lowest BCUT2D eigenvalue weighted by Gasteiger charge is -2.25. The van der Waals surface area contributed by atoms with Gasteiger partial charge in [0.2, 0.25) is 5.91 Å². The average Bonchev–Trinajstić information content (AvgIpc) is 2.88. The van der Waals surface area contributed by atoms with E-state index in [4.69, 9.17) is 5.73 Å². The minimum absolute atomic E-state index is 0.0224. The first kappa shape index (κ1) is 18.0. The van der Waals surface area contributed by atoms with Gasteiger partial charge in [0, 0.05) is 29.6 Å². The standard InChI is InChI=1S/C21H21N5O2/c1-12-23-10-14(11-24-12)13-7-8-15-17(9-13)26(20(28)21(15,2)3)18-6-4-5-16(25-18)19(22)27/h4-7,9-11,15H,8H2,1-3H3,(H2,22,27). The molecular weight excluding hydrogens is 354 g/mol. The van der Waals surface area contributed by atoms with Gasteiger partial charge in [0.15, 0.2) is 0 Å². The van der Waals surface area contributed by atoms with Crippen LogP contribution in [0.25, 0.3) is 5.57 Å². The summed E-state index contributed by atoms with van der Waals surface area (Å²) in [6.07, 6.45) is 8.40. The molecule has 2 N–H and O–H groups in total. The molecule has 1 unspecified atom stereocenters. The molecule has 2 amide bonds. The first-order chi connectivity index (χ1) is 13.3. The first-order valence-corrected chi connectivity index (χ1v) is 9.11. The number of nitrogens with zero attached hydrogens (tertiary/aromatic N) is 4. The molecule has 0 spiro atoms. The van der Waals surface area contributed by atoms with Crippen molar-refractivity contribution in [3.8, 4) is 0 Å². The molecule has 0 saturated carbocycles. The zero-order valence-corrected chi connectivity index (χ0v) is 16.0. The summed E-state index contributed by atoms with van der Waals surface area (Å²) in [5.41, 5.74) is 7.64. The predicted octanol–water partition coefficient (Wildman–Crippen LogP) is 2.64. The molecule has 7 nitrogen and oxygen atoms in total. The highest BCUT2D eigenvalue weighted by molar-refractivity contribution is 6.04. The van der Waals surface area contributed by atoms with Gasteiger partial charge in [0.05, 0.1) is 5.41 Å². The number of rotatable bonds is 3. The fourth-order valence-electron chi connectivity index (χ4n) is 3.79. The van der Waals surface area contributed by atoms with Crippen LogP contribution < -0.4 is 10.6 Å². The van der Waals surface area contributed by atoms with Crippen LogP contribution in [0.5, 0.6) is 0 Å². The maximum atomic E-state index is 13.2. The Morgan fingerprint density at radius 1 is 1.25 bits per heavy atom. The molecule has 2 aliphatic rings. The molecule has 4 rings (SSSR count). The van der Waals surface area contributed by atoms with E-state index in [0.29, 0.717) is 11.6 Å². The number of primary amides is 1. The molecular formula is C21H21N5O2. The number of aryl methyl sites for hydroxylation is 1. The highest BCUT2D eigenvalue weighted by Crippen LogP contribution is 2.50. The molecule has 2 aromatic rings. The Morgan fingerprint density at radius 3 is 2.64 bits per heavy atom. The number of hydrogen-bond acceptors (Lipinski definition) is 5. The van der Waals surface area contributed by atoms with Crippen LogP contribution >= 0.6 is 0 Å². The molecule has 1 saturated heterocycles. The van der Waals surface area contributed by atoms with Gasteiger partial charge in [-0.1, -0.05) is 26.0 Å². The van der Waals surface area contributed by atoms with Gasteiger partial charge in [0.1, 0.15) is 17.3 Å². The fraction of sp³-hybridized carbons (Fsp3) is 0.286. The highest BCUT2D eigenvalue weighted by Gasteiger charge is 2.51. The van der Waals surface area contributed by atoms with Crippen molar-refractivity contribution in [2.75, 3.05) is 4.90 Å². The van der Waals surface area contributed by atoms with Crippen molar-refractivity contribution in [1.82, 2.24) is 15.0 Å². The van der Waals surface area contributed by atoms with E-state index in [1.54, 1.807) is 35.5 Å². The molecule has 2 aromatic heterocycles. The number of aromatic nitrogens is 3. The van der Waals surface area contributed by atoms with Gasteiger partial charge in [-0.05, 0) is 37.1 Å². The summed E-state index contributed by atoms with van der Waals surface area (Å²) in [4.78, 5) is 39.2. The van der Waals surface area contributed by atoms with E-state index in [1.807, 2.05) is 26.8 Å². The van der Waals surface area contributed by atoms with E-state index in [1.165, 1.54) is 0 Å². The average molecular weight is 375 g/mol. The Kier molecular flexibility index (Phi) is 4.10. The van der Waals surface area contributed by atoms with Crippen LogP contribution in [0.1, 0.15) is 42.1 Å². The number of allylic oxidation sites excluding steroid dienone is 4. The Morgan fingerprint density at radius 2 is 1.96 bits per heavy atom. The van der Waals surface area contributed by atoms with Crippen molar-refractivity contribution in [3.63, 3.8) is 0 Å². The van der Waals surface area contributed by atoms with Gasteiger partial charge >= 0.3 is 0 Å². The van der Waals surface area contributed by atoms with E-state index in [-0.39, 0.29) is 17.5 Å². The lowest BCUT2D eigenvalue weighted by Crippen LogP contribution is -2.32. The molecule has 3 heterocycles. The lowest BCUT2D eigenvalue weighted by atomic mass is 9.75. The minimum Gasteiger partial charge on any atom is -0.364 e. The molecule has 28 heavy (non-hydrogen) atoms. The second kappa shape index (κ2) is 6.37. The molecule has 0 radical (unpaired) electrons. The van der Waals surface area contributed by atoms with Gasteiger partial charge in [-0.3, -0.25) is 14.5 Å². The summed E-state index contributed by atoms with van der Waals surface area (Å²) in [6, 6.07) is 4.94. The summed E-state index contributed by atoms with van der Waals surface area (Å²) >= 11 is 0. The van der Waals surface area contributed by atoms with E-state index in [0.717, 1.165) is 23.3 Å². The normalized spacial score (nSPS) is 20.5. The smallest absolute Gasteiger partial charge is 0.267 e. The fourth-order valence-corrected chi connectivity index (χ4v) is 3.79. The van der Waals surface area contributed by atoms with Gasteiger partial charge < -0.3 is 5.73 Å². The summed E-state index contributed by atoms with van der Waals surface area (Å²) in [7, 11) is 0. The summed E-state index contributed by atoms with van der Waals surface area (Å²) < 4.78 is 0. The highest BCUT2D eigenvalue weighted by atomic mass is 16.2. The minimum atomic E-state index is -0.626. The number of pyridine rings is 1. The number of carbonyl (C=O) groups is 2. The third-order valence-electron chi connectivity index (χ3n) is 5.45. The van der Waals surface area contributed by atoms with Crippen molar-refractivity contribution in [2.45, 2.75) is 27.2 Å². The number of amides is 2. The quantitative estimate of drug-likeness (QED) is 0.888. The zero-order valence-electron chi connectivity index (χ0n) is 16.0. The molecule has 142 valence electrons. The van der Waals surface area contributed by atoms with Crippen LogP contribution in [0, 0.1) is 18.3 Å². The van der Waals surface area contributed by atoms with Crippen molar-refractivity contribution in [3.05, 3.63) is 65.5 Å². The second-order valence-electron chi connectivity index (χ2n) is 7.64. The van der Waals surface area contributed by atoms with Crippen LogP contribution in [0.15, 0.2) is 48.4 Å². The van der Waals surface area contributed by atoms with Crippen LogP contribution in [-0.2, 0) is 4.79 Å².